The van der Waals surface area contributed by atoms with Gasteiger partial charge in [0.2, 0.25) is 0 Å². The largest absolute Gasteiger partial charge is 0.493 e. The van der Waals surface area contributed by atoms with Crippen molar-refractivity contribution in [3.8, 4) is 11.5 Å². The van der Waals surface area contributed by atoms with Crippen molar-refractivity contribution in [1.82, 2.24) is 0 Å². The molecule has 0 aliphatic carbocycles. The number of carboxylic acids is 1. The molecule has 0 unspecified atom stereocenters. The summed E-state index contributed by atoms with van der Waals surface area (Å²) in [7, 11) is 1.47. The second-order valence-electron chi connectivity index (χ2n) is 4.57. The smallest absolute Gasteiger partial charge is 0.341 e. The van der Waals surface area contributed by atoms with E-state index >= 15 is 0 Å². The number of benzene rings is 2. The van der Waals surface area contributed by atoms with Crippen LogP contribution in [0.5, 0.6) is 11.5 Å². The second-order valence-corrected chi connectivity index (χ2v) is 5.83. The Morgan fingerprint density at radius 1 is 1.42 bits per heavy atom. The predicted molar refractivity (Wildman–Crippen MR) is 96.5 cm³/mol. The SMILES string of the molecule is COc1cc(/C=N/Nc2ccccc2Cl)cc(Br)c1OCC(=O)O. The normalized spacial score (nSPS) is 10.6. The second kappa shape index (κ2) is 8.56. The van der Waals surface area contributed by atoms with Gasteiger partial charge in [-0.2, -0.15) is 5.10 Å². The average molecular weight is 414 g/mol. The highest BCUT2D eigenvalue weighted by atomic mass is 79.9. The minimum Gasteiger partial charge on any atom is -0.493 e. The van der Waals surface area contributed by atoms with Crippen LogP contribution in [0.2, 0.25) is 5.02 Å². The van der Waals surface area contributed by atoms with Crippen LogP contribution in [0.15, 0.2) is 46.0 Å². The lowest BCUT2D eigenvalue weighted by atomic mass is 10.2. The molecule has 0 aliphatic heterocycles. The maximum Gasteiger partial charge on any atom is 0.341 e. The van der Waals surface area contributed by atoms with Crippen LogP contribution in [0.25, 0.3) is 0 Å². The summed E-state index contributed by atoms with van der Waals surface area (Å²) in [6.07, 6.45) is 1.58. The van der Waals surface area contributed by atoms with E-state index in [9.17, 15) is 4.79 Å². The molecule has 126 valence electrons. The average Bonchev–Trinajstić information content (AvgIpc) is 2.55. The molecular weight excluding hydrogens is 400 g/mol. The first-order valence-electron chi connectivity index (χ1n) is 6.77. The number of methoxy groups -OCH3 is 1. The zero-order valence-electron chi connectivity index (χ0n) is 12.6. The fraction of sp³-hybridized carbons (Fsp3) is 0.125. The van der Waals surface area contributed by atoms with Gasteiger partial charge in [-0.25, -0.2) is 4.79 Å². The number of ether oxygens (including phenoxy) is 2. The molecule has 0 bridgehead atoms. The number of nitrogens with zero attached hydrogens (tertiary/aromatic N) is 1. The van der Waals surface area contributed by atoms with Gasteiger partial charge in [0.05, 0.1) is 28.5 Å². The number of hydrogen-bond acceptors (Lipinski definition) is 5. The lowest BCUT2D eigenvalue weighted by Gasteiger charge is -2.12. The van der Waals surface area contributed by atoms with E-state index in [-0.39, 0.29) is 0 Å². The van der Waals surface area contributed by atoms with E-state index in [2.05, 4.69) is 26.5 Å². The number of para-hydroxylation sites is 1. The fourth-order valence-electron chi connectivity index (χ4n) is 1.82. The van der Waals surface area contributed by atoms with E-state index in [1.807, 2.05) is 12.1 Å². The Hall–Kier alpha value is -2.25. The molecule has 6 nitrogen and oxygen atoms in total. The minimum absolute atomic E-state index is 0.316. The van der Waals surface area contributed by atoms with Gasteiger partial charge >= 0.3 is 5.97 Å². The Balaban J connectivity index is 2.16. The standard InChI is InChI=1S/C16H14BrClN2O4/c1-23-14-7-10(6-11(17)16(14)24-9-15(21)22)8-19-20-13-5-3-2-4-12(13)18/h2-8,20H,9H2,1H3,(H,21,22)/b19-8+. The maximum atomic E-state index is 10.6. The number of carboxylic acid groups (broad SMARTS) is 1. The predicted octanol–water partition coefficient (Wildman–Crippen LogP) is 4.02. The molecule has 24 heavy (non-hydrogen) atoms. The summed E-state index contributed by atoms with van der Waals surface area (Å²) >= 11 is 9.37. The van der Waals surface area contributed by atoms with Crippen molar-refractivity contribution in [3.63, 3.8) is 0 Å². The van der Waals surface area contributed by atoms with E-state index in [1.165, 1.54) is 7.11 Å². The van der Waals surface area contributed by atoms with Crippen molar-refractivity contribution in [1.29, 1.82) is 0 Å². The molecule has 0 atom stereocenters. The van der Waals surface area contributed by atoms with Crippen molar-refractivity contribution >= 4 is 45.4 Å². The number of halogens is 2. The topological polar surface area (TPSA) is 80.1 Å². The van der Waals surface area contributed by atoms with Crippen molar-refractivity contribution in [2.45, 2.75) is 0 Å². The zero-order valence-corrected chi connectivity index (χ0v) is 15.0. The van der Waals surface area contributed by atoms with Crippen LogP contribution >= 0.6 is 27.5 Å². The number of hydrogen-bond donors (Lipinski definition) is 2. The molecule has 0 heterocycles. The van der Waals surface area contributed by atoms with Crippen LogP contribution < -0.4 is 14.9 Å². The molecule has 8 heteroatoms. The van der Waals surface area contributed by atoms with E-state index in [0.717, 1.165) is 5.56 Å². The number of aliphatic carboxylic acids is 1. The summed E-state index contributed by atoms with van der Waals surface area (Å²) in [6, 6.07) is 10.6. The van der Waals surface area contributed by atoms with Gasteiger partial charge in [0.15, 0.2) is 18.1 Å². The van der Waals surface area contributed by atoms with Crippen LogP contribution in [-0.4, -0.2) is 31.0 Å². The highest BCUT2D eigenvalue weighted by Gasteiger charge is 2.12. The van der Waals surface area contributed by atoms with Gasteiger partial charge in [-0.1, -0.05) is 23.7 Å². The lowest BCUT2D eigenvalue weighted by Crippen LogP contribution is -2.10. The zero-order chi connectivity index (χ0) is 17.5. The van der Waals surface area contributed by atoms with E-state index in [4.69, 9.17) is 26.2 Å². The van der Waals surface area contributed by atoms with Gasteiger partial charge in [-0.15, -0.1) is 0 Å². The highest BCUT2D eigenvalue weighted by Crippen LogP contribution is 2.36. The van der Waals surface area contributed by atoms with E-state index < -0.39 is 12.6 Å². The van der Waals surface area contributed by atoms with Crippen LogP contribution in [0.1, 0.15) is 5.56 Å². The number of rotatable bonds is 7. The van der Waals surface area contributed by atoms with Crippen molar-refractivity contribution in [2.24, 2.45) is 5.10 Å². The molecule has 0 radical (unpaired) electrons. The molecule has 2 aromatic carbocycles. The molecule has 0 aromatic heterocycles. The number of nitrogens with one attached hydrogen (secondary N) is 1. The van der Waals surface area contributed by atoms with Gasteiger partial charge in [0.1, 0.15) is 0 Å². The van der Waals surface area contributed by atoms with E-state index in [1.54, 1.807) is 30.5 Å². The Morgan fingerprint density at radius 2 is 2.17 bits per heavy atom. The molecule has 0 fully saturated rings. The Labute approximate surface area is 152 Å². The van der Waals surface area contributed by atoms with Crippen LogP contribution in [0.3, 0.4) is 0 Å². The number of hydrazone groups is 1. The summed E-state index contributed by atoms with van der Waals surface area (Å²) in [5.74, 6) is -0.362. The molecular formula is C16H14BrClN2O4. The Bertz CT molecular complexity index is 768. The highest BCUT2D eigenvalue weighted by molar-refractivity contribution is 9.10. The minimum atomic E-state index is -1.07. The first-order chi connectivity index (χ1) is 11.5. The summed E-state index contributed by atoms with van der Waals surface area (Å²) in [5.41, 5.74) is 4.25. The van der Waals surface area contributed by atoms with Gasteiger partial charge in [0.25, 0.3) is 0 Å². The molecule has 0 saturated heterocycles. The number of anilines is 1. The number of carbonyl (C=O) groups is 1. The Kier molecular flexibility index (Phi) is 6.45. The summed E-state index contributed by atoms with van der Waals surface area (Å²) < 4.78 is 11.0. The molecule has 0 spiro atoms. The maximum absolute atomic E-state index is 10.6. The molecule has 0 aliphatic rings. The van der Waals surface area contributed by atoms with Crippen LogP contribution in [0.4, 0.5) is 5.69 Å². The van der Waals surface area contributed by atoms with Gasteiger partial charge in [-0.3, -0.25) is 5.43 Å². The summed E-state index contributed by atoms with van der Waals surface area (Å²) in [4.78, 5) is 10.6. The van der Waals surface area contributed by atoms with Crippen LogP contribution in [-0.2, 0) is 4.79 Å². The van der Waals surface area contributed by atoms with Crippen molar-refractivity contribution in [2.75, 3.05) is 19.1 Å². The van der Waals surface area contributed by atoms with Crippen LogP contribution in [0, 0.1) is 0 Å². The molecule has 0 saturated carbocycles. The van der Waals surface area contributed by atoms with Gasteiger partial charge in [-0.05, 0) is 45.8 Å². The summed E-state index contributed by atoms with van der Waals surface area (Å²) in [6.45, 7) is -0.462. The third kappa shape index (κ3) is 4.87. The fourth-order valence-corrected chi connectivity index (χ4v) is 2.57. The molecule has 2 aromatic rings. The first kappa shape index (κ1) is 18.1. The summed E-state index contributed by atoms with van der Waals surface area (Å²) in [5, 5.41) is 13.4. The molecule has 2 rings (SSSR count). The monoisotopic (exact) mass is 412 g/mol. The quantitative estimate of drug-likeness (QED) is 0.529. The Morgan fingerprint density at radius 3 is 2.83 bits per heavy atom. The van der Waals surface area contributed by atoms with Gasteiger partial charge < -0.3 is 14.6 Å². The third-order valence-electron chi connectivity index (χ3n) is 2.86. The lowest BCUT2D eigenvalue weighted by molar-refractivity contribution is -0.139. The van der Waals surface area contributed by atoms with Crippen molar-refractivity contribution in [3.05, 3.63) is 51.5 Å². The molecule has 0 amide bonds. The van der Waals surface area contributed by atoms with E-state index in [0.29, 0.717) is 26.7 Å². The van der Waals surface area contributed by atoms with Crippen molar-refractivity contribution < 1.29 is 19.4 Å². The third-order valence-corrected chi connectivity index (χ3v) is 3.78. The van der Waals surface area contributed by atoms with Gasteiger partial charge in [0, 0.05) is 0 Å². The molecule has 2 N–H and O–H groups in total. The first-order valence-corrected chi connectivity index (χ1v) is 7.94.